The van der Waals surface area contributed by atoms with Crippen LogP contribution in [0.3, 0.4) is 0 Å². The molecule has 1 aromatic heterocycles. The molecular formula is C22H29NO3S. The lowest BCUT2D eigenvalue weighted by Gasteiger charge is -2.35. The van der Waals surface area contributed by atoms with E-state index in [1.165, 1.54) is 24.8 Å². The predicted molar refractivity (Wildman–Crippen MR) is 112 cm³/mol. The smallest absolute Gasteiger partial charge is 0.182 e. The maximum Gasteiger partial charge on any atom is 0.182 e. The summed E-state index contributed by atoms with van der Waals surface area (Å²) in [4.78, 5) is 11.8. The van der Waals surface area contributed by atoms with Crippen molar-refractivity contribution in [2.45, 2.75) is 45.6 Å². The lowest BCUT2D eigenvalue weighted by Crippen LogP contribution is -2.26. The molecule has 3 rings (SSSR count). The molecule has 0 saturated heterocycles. The molecule has 146 valence electrons. The molecule has 1 saturated carbocycles. The first-order valence-corrected chi connectivity index (χ1v) is 10.9. The van der Waals surface area contributed by atoms with Crippen molar-refractivity contribution in [2.24, 2.45) is 5.92 Å². The summed E-state index contributed by atoms with van der Waals surface area (Å²) in [5.74, 6) is 3.26. The first kappa shape index (κ1) is 19.9. The number of pyridine rings is 1. The van der Waals surface area contributed by atoms with E-state index >= 15 is 0 Å². The van der Waals surface area contributed by atoms with Gasteiger partial charge in [0.05, 0.1) is 7.11 Å². The van der Waals surface area contributed by atoms with Crippen molar-refractivity contribution in [3.63, 3.8) is 0 Å². The van der Waals surface area contributed by atoms with Gasteiger partial charge in [-0.1, -0.05) is 12.5 Å². The molecule has 0 N–H and O–H groups in total. The highest BCUT2D eigenvalue weighted by Gasteiger charge is 2.30. The Morgan fingerprint density at radius 1 is 1.15 bits per heavy atom. The molecule has 1 atom stereocenters. The topological polar surface area (TPSA) is 40.5 Å². The van der Waals surface area contributed by atoms with Gasteiger partial charge < -0.3 is 14.0 Å². The number of methoxy groups -OCH3 is 1. The summed E-state index contributed by atoms with van der Waals surface area (Å²) < 4.78 is 13.7. The van der Waals surface area contributed by atoms with Crippen molar-refractivity contribution in [1.82, 2.24) is 4.57 Å². The molecule has 27 heavy (non-hydrogen) atoms. The van der Waals surface area contributed by atoms with Crippen LogP contribution in [0.25, 0.3) is 0 Å². The van der Waals surface area contributed by atoms with Gasteiger partial charge in [-0.25, -0.2) is 0 Å². The summed E-state index contributed by atoms with van der Waals surface area (Å²) in [5, 5.41) is 0. The Morgan fingerprint density at radius 3 is 2.41 bits per heavy atom. The van der Waals surface area contributed by atoms with E-state index in [-0.39, 0.29) is 5.43 Å². The van der Waals surface area contributed by atoms with Gasteiger partial charge in [0.25, 0.3) is 0 Å². The fourth-order valence-corrected chi connectivity index (χ4v) is 4.14. The van der Waals surface area contributed by atoms with Crippen molar-refractivity contribution in [3.8, 4) is 11.5 Å². The van der Waals surface area contributed by atoms with Gasteiger partial charge in [0.15, 0.2) is 16.9 Å². The van der Waals surface area contributed by atoms with Crippen LogP contribution in [0.4, 0.5) is 0 Å². The fraction of sp³-hybridized carbons (Fsp3) is 0.500. The van der Waals surface area contributed by atoms with Crippen LogP contribution >= 0.6 is 11.8 Å². The van der Waals surface area contributed by atoms with Crippen LogP contribution < -0.4 is 14.9 Å². The number of hydrogen-bond donors (Lipinski definition) is 0. The third-order valence-corrected chi connectivity index (χ3v) is 5.95. The second-order valence-electron chi connectivity index (χ2n) is 7.34. The van der Waals surface area contributed by atoms with Crippen LogP contribution in [0, 0.1) is 19.8 Å². The minimum atomic E-state index is 0.0821. The molecule has 1 heterocycles. The van der Waals surface area contributed by atoms with E-state index in [9.17, 15) is 4.79 Å². The van der Waals surface area contributed by atoms with E-state index in [1.807, 2.05) is 26.2 Å². The maximum absolute atomic E-state index is 11.8. The van der Waals surface area contributed by atoms with Gasteiger partial charge in [-0.05, 0) is 56.6 Å². The normalized spacial score (nSPS) is 15.3. The maximum atomic E-state index is 11.8. The Bertz CT molecular complexity index is 816. The minimum Gasteiger partial charge on any atom is -0.493 e. The van der Waals surface area contributed by atoms with Crippen molar-refractivity contribution in [3.05, 3.63) is 57.5 Å². The van der Waals surface area contributed by atoms with Crippen molar-refractivity contribution in [1.29, 1.82) is 0 Å². The highest BCUT2D eigenvalue weighted by molar-refractivity contribution is 7.98. The van der Waals surface area contributed by atoms with Crippen LogP contribution in [0.1, 0.15) is 42.1 Å². The molecule has 2 aromatic rings. The number of nitrogens with zero attached hydrogens (tertiary/aromatic N) is 1. The SMILES string of the molecule is COc1ccc(C(Cn2c(C)cc(=O)cc2C)C2CCC2)cc1OCSC. The lowest BCUT2D eigenvalue weighted by molar-refractivity contribution is 0.240. The van der Waals surface area contributed by atoms with Gasteiger partial charge in [0, 0.05) is 36.0 Å². The summed E-state index contributed by atoms with van der Waals surface area (Å²) in [6, 6.07) is 9.78. The summed E-state index contributed by atoms with van der Waals surface area (Å²) in [6.07, 6.45) is 5.84. The largest absolute Gasteiger partial charge is 0.493 e. The summed E-state index contributed by atoms with van der Waals surface area (Å²) >= 11 is 1.65. The lowest BCUT2D eigenvalue weighted by atomic mass is 9.73. The van der Waals surface area contributed by atoms with Crippen LogP contribution in [0.2, 0.25) is 0 Å². The molecule has 0 spiro atoms. The molecule has 1 aliphatic rings. The average molecular weight is 388 g/mol. The van der Waals surface area contributed by atoms with Gasteiger partial charge in [-0.3, -0.25) is 4.79 Å². The molecule has 0 aliphatic heterocycles. The van der Waals surface area contributed by atoms with E-state index < -0.39 is 0 Å². The number of aryl methyl sites for hydroxylation is 2. The average Bonchev–Trinajstić information content (AvgIpc) is 2.60. The Morgan fingerprint density at radius 2 is 1.85 bits per heavy atom. The third-order valence-electron chi connectivity index (χ3n) is 5.60. The summed E-state index contributed by atoms with van der Waals surface area (Å²) in [7, 11) is 1.68. The van der Waals surface area contributed by atoms with Crippen molar-refractivity contribution in [2.75, 3.05) is 19.3 Å². The zero-order chi connectivity index (χ0) is 19.4. The molecule has 1 aliphatic carbocycles. The van der Waals surface area contributed by atoms with Crippen LogP contribution in [-0.2, 0) is 6.54 Å². The molecule has 1 fully saturated rings. The Labute approximate surface area is 165 Å². The molecule has 5 heteroatoms. The number of ether oxygens (including phenoxy) is 2. The third kappa shape index (κ3) is 4.52. The number of thioether (sulfide) groups is 1. The standard InChI is InChI=1S/C22H29NO3S/c1-15-10-19(24)11-16(2)23(15)13-20(17-6-5-7-17)18-8-9-21(25-3)22(12-18)26-14-27-4/h8-12,17,20H,5-7,13-14H2,1-4H3. The number of rotatable bonds is 8. The second kappa shape index (κ2) is 8.87. The number of aromatic nitrogens is 1. The van der Waals surface area contributed by atoms with Gasteiger partial charge in [0.2, 0.25) is 0 Å². The fourth-order valence-electron chi connectivity index (χ4n) is 3.90. The Kier molecular flexibility index (Phi) is 6.53. The van der Waals surface area contributed by atoms with Crippen LogP contribution in [-0.4, -0.2) is 23.9 Å². The summed E-state index contributed by atoms with van der Waals surface area (Å²) in [6.45, 7) is 4.93. The number of benzene rings is 1. The zero-order valence-corrected chi connectivity index (χ0v) is 17.5. The van der Waals surface area contributed by atoms with Gasteiger partial charge in [-0.15, -0.1) is 11.8 Å². The van der Waals surface area contributed by atoms with Crippen LogP contribution in [0.5, 0.6) is 11.5 Å². The van der Waals surface area contributed by atoms with Gasteiger partial charge in [-0.2, -0.15) is 0 Å². The zero-order valence-electron chi connectivity index (χ0n) is 16.7. The Hall–Kier alpha value is -1.88. The van der Waals surface area contributed by atoms with E-state index in [0.717, 1.165) is 29.4 Å². The minimum absolute atomic E-state index is 0.0821. The first-order valence-electron chi connectivity index (χ1n) is 9.51. The monoisotopic (exact) mass is 387 g/mol. The molecule has 0 radical (unpaired) electrons. The van der Waals surface area contributed by atoms with E-state index in [4.69, 9.17) is 9.47 Å². The van der Waals surface area contributed by atoms with E-state index in [2.05, 4.69) is 16.7 Å². The van der Waals surface area contributed by atoms with Gasteiger partial charge in [0.1, 0.15) is 5.94 Å². The quantitative estimate of drug-likeness (QED) is 0.613. The Balaban J connectivity index is 1.95. The highest BCUT2D eigenvalue weighted by Crippen LogP contribution is 2.42. The predicted octanol–water partition coefficient (Wildman–Crippen LogP) is 4.76. The van der Waals surface area contributed by atoms with E-state index in [1.54, 1.807) is 31.0 Å². The first-order chi connectivity index (χ1) is 13.0. The van der Waals surface area contributed by atoms with E-state index in [0.29, 0.717) is 17.8 Å². The van der Waals surface area contributed by atoms with Crippen LogP contribution in [0.15, 0.2) is 35.1 Å². The highest BCUT2D eigenvalue weighted by atomic mass is 32.2. The molecule has 4 nitrogen and oxygen atoms in total. The van der Waals surface area contributed by atoms with Crippen molar-refractivity contribution < 1.29 is 9.47 Å². The van der Waals surface area contributed by atoms with Crippen molar-refractivity contribution >= 4 is 11.8 Å². The molecule has 0 bridgehead atoms. The molecule has 1 unspecified atom stereocenters. The number of hydrogen-bond acceptors (Lipinski definition) is 4. The molecule has 0 amide bonds. The summed E-state index contributed by atoms with van der Waals surface area (Å²) in [5.41, 5.74) is 3.42. The second-order valence-corrected chi connectivity index (χ2v) is 8.16. The molecular weight excluding hydrogens is 358 g/mol. The van der Waals surface area contributed by atoms with Gasteiger partial charge >= 0.3 is 0 Å². The molecule has 1 aromatic carbocycles.